The Hall–Kier alpha value is -1.79. The number of nitrogens with zero attached hydrogens (tertiary/aromatic N) is 1. The van der Waals surface area contributed by atoms with Gasteiger partial charge in [0.1, 0.15) is 11.3 Å². The molecule has 1 aliphatic rings. The Morgan fingerprint density at radius 3 is 2.50 bits per heavy atom. The number of halogens is 3. The molecule has 0 saturated heterocycles. The van der Waals surface area contributed by atoms with Crippen molar-refractivity contribution >= 4 is 47.4 Å². The predicted molar refractivity (Wildman–Crippen MR) is 115 cm³/mol. The van der Waals surface area contributed by atoms with Gasteiger partial charge in [0.05, 0.1) is 10.6 Å². The van der Waals surface area contributed by atoms with Crippen LogP contribution in [-0.2, 0) is 25.9 Å². The smallest absolute Gasteiger partial charge is 0.339 e. The molecule has 0 atom stereocenters. The van der Waals surface area contributed by atoms with Gasteiger partial charge in [-0.3, -0.25) is 4.98 Å². The fraction of sp³-hybridized carbons (Fsp3) is 0.300. The second-order valence-corrected chi connectivity index (χ2v) is 6.98. The molecule has 28 heavy (non-hydrogen) atoms. The van der Waals surface area contributed by atoms with Gasteiger partial charge in [-0.15, -0.1) is 24.8 Å². The average Bonchev–Trinajstić information content (AvgIpc) is 2.67. The van der Waals surface area contributed by atoms with Crippen LogP contribution in [0.4, 0.5) is 0 Å². The molecule has 0 bridgehead atoms. The number of nitrogens with one attached hydrogen (secondary N) is 1. The lowest BCUT2D eigenvalue weighted by Crippen LogP contribution is -2.18. The summed E-state index contributed by atoms with van der Waals surface area (Å²) < 4.78 is 5.61. The molecule has 0 radical (unpaired) electrons. The molecule has 8 heteroatoms. The molecule has 0 saturated carbocycles. The summed E-state index contributed by atoms with van der Waals surface area (Å²) in [6.07, 6.45) is 7.07. The fourth-order valence-electron chi connectivity index (χ4n) is 3.59. The summed E-state index contributed by atoms with van der Waals surface area (Å²) >= 11 is 6.27. The lowest BCUT2D eigenvalue weighted by molar-refractivity contribution is 0.459. The van der Waals surface area contributed by atoms with E-state index in [4.69, 9.17) is 16.0 Å². The van der Waals surface area contributed by atoms with Gasteiger partial charge in [0.25, 0.3) is 0 Å². The summed E-state index contributed by atoms with van der Waals surface area (Å²) in [6, 6.07) is 5.55. The van der Waals surface area contributed by atoms with Crippen molar-refractivity contribution in [3.63, 3.8) is 0 Å². The number of aromatic nitrogens is 1. The van der Waals surface area contributed by atoms with Crippen LogP contribution in [-0.4, -0.2) is 10.1 Å². The van der Waals surface area contributed by atoms with Crippen LogP contribution in [0.1, 0.15) is 35.1 Å². The van der Waals surface area contributed by atoms with Crippen molar-refractivity contribution < 1.29 is 9.52 Å². The predicted octanol–water partition coefficient (Wildman–Crippen LogP) is 4.56. The molecule has 0 spiro atoms. The SMILES string of the molecule is Cl.Cl.O=c1oc2c(CNCc3ccncc3)c(O)c(Cl)cc2c2c1CCCC2. The molecule has 0 unspecified atom stereocenters. The number of hydrogen-bond donors (Lipinski definition) is 2. The number of rotatable bonds is 4. The molecule has 150 valence electrons. The first-order valence-electron chi connectivity index (χ1n) is 8.73. The molecule has 2 aromatic heterocycles. The first kappa shape index (κ1) is 22.5. The summed E-state index contributed by atoms with van der Waals surface area (Å²) in [5.41, 5.74) is 3.49. The van der Waals surface area contributed by atoms with E-state index in [-0.39, 0.29) is 41.2 Å². The Labute approximate surface area is 179 Å². The van der Waals surface area contributed by atoms with E-state index in [1.54, 1.807) is 18.5 Å². The van der Waals surface area contributed by atoms with Crippen molar-refractivity contribution in [1.82, 2.24) is 10.3 Å². The Morgan fingerprint density at radius 1 is 1.11 bits per heavy atom. The van der Waals surface area contributed by atoms with Gasteiger partial charge in [0, 0.05) is 36.4 Å². The van der Waals surface area contributed by atoms with E-state index in [0.29, 0.717) is 24.2 Å². The van der Waals surface area contributed by atoms with Crippen molar-refractivity contribution in [3.05, 3.63) is 68.3 Å². The summed E-state index contributed by atoms with van der Waals surface area (Å²) in [7, 11) is 0. The number of benzene rings is 1. The van der Waals surface area contributed by atoms with Crippen molar-refractivity contribution in [1.29, 1.82) is 0 Å². The van der Waals surface area contributed by atoms with Crippen LogP contribution in [0.3, 0.4) is 0 Å². The third-order valence-electron chi connectivity index (χ3n) is 4.92. The van der Waals surface area contributed by atoms with Gasteiger partial charge >= 0.3 is 5.63 Å². The zero-order valence-electron chi connectivity index (χ0n) is 15.0. The van der Waals surface area contributed by atoms with Gasteiger partial charge in [-0.05, 0) is 55.0 Å². The third-order valence-corrected chi connectivity index (χ3v) is 5.20. The van der Waals surface area contributed by atoms with Crippen LogP contribution < -0.4 is 10.9 Å². The second-order valence-electron chi connectivity index (χ2n) is 6.57. The molecule has 2 heterocycles. The van der Waals surface area contributed by atoms with E-state index in [2.05, 4.69) is 10.3 Å². The zero-order chi connectivity index (χ0) is 18.1. The highest BCUT2D eigenvalue weighted by atomic mass is 35.5. The number of pyridine rings is 1. The fourth-order valence-corrected chi connectivity index (χ4v) is 3.82. The van der Waals surface area contributed by atoms with Gasteiger partial charge in [0.15, 0.2) is 0 Å². The Balaban J connectivity index is 0.00000140. The lowest BCUT2D eigenvalue weighted by atomic mass is 9.90. The molecule has 1 aromatic carbocycles. The van der Waals surface area contributed by atoms with E-state index < -0.39 is 0 Å². The third kappa shape index (κ3) is 4.28. The minimum absolute atomic E-state index is 0. The highest BCUT2D eigenvalue weighted by Crippen LogP contribution is 2.37. The van der Waals surface area contributed by atoms with Crippen LogP contribution in [0.5, 0.6) is 5.75 Å². The maximum absolute atomic E-state index is 12.4. The van der Waals surface area contributed by atoms with Gasteiger partial charge in [-0.2, -0.15) is 0 Å². The van der Waals surface area contributed by atoms with Crippen LogP contribution >= 0.6 is 36.4 Å². The average molecular weight is 444 g/mol. The van der Waals surface area contributed by atoms with Crippen LogP contribution in [0, 0.1) is 0 Å². The standard InChI is InChI=1S/C20H19ClN2O3.2ClH/c21-17-9-15-13-3-1-2-4-14(13)20(25)26-19(15)16(18(17)24)11-23-10-12-5-7-22-8-6-12;;/h5-9,23-24H,1-4,10-11H2;2*1H. The largest absolute Gasteiger partial charge is 0.506 e. The minimum atomic E-state index is -0.302. The number of phenolic OH excluding ortho intramolecular Hbond substituents is 1. The van der Waals surface area contributed by atoms with E-state index in [1.165, 1.54) is 0 Å². The quantitative estimate of drug-likeness (QED) is 0.578. The molecule has 2 N–H and O–H groups in total. The van der Waals surface area contributed by atoms with Gasteiger partial charge in [-0.1, -0.05) is 11.6 Å². The van der Waals surface area contributed by atoms with E-state index in [1.807, 2.05) is 12.1 Å². The summed E-state index contributed by atoms with van der Waals surface area (Å²) in [4.78, 5) is 16.4. The van der Waals surface area contributed by atoms with Crippen LogP contribution in [0.2, 0.25) is 5.02 Å². The van der Waals surface area contributed by atoms with Gasteiger partial charge in [-0.25, -0.2) is 4.79 Å². The van der Waals surface area contributed by atoms with E-state index >= 15 is 0 Å². The Morgan fingerprint density at radius 2 is 1.79 bits per heavy atom. The first-order chi connectivity index (χ1) is 12.6. The van der Waals surface area contributed by atoms with Crippen molar-refractivity contribution in [2.45, 2.75) is 38.8 Å². The second kappa shape index (κ2) is 9.61. The van der Waals surface area contributed by atoms with Gasteiger partial charge in [0.2, 0.25) is 0 Å². The molecular formula is C20H21Cl3N2O3. The molecule has 0 amide bonds. The van der Waals surface area contributed by atoms with Crippen molar-refractivity contribution in [2.75, 3.05) is 0 Å². The van der Waals surface area contributed by atoms with Crippen molar-refractivity contribution in [2.24, 2.45) is 0 Å². The Kier molecular flexibility index (Phi) is 7.72. The number of phenols is 1. The minimum Gasteiger partial charge on any atom is -0.506 e. The number of aromatic hydroxyl groups is 1. The molecule has 4 rings (SSSR count). The van der Waals surface area contributed by atoms with E-state index in [0.717, 1.165) is 47.8 Å². The maximum atomic E-state index is 12.4. The number of aryl methyl sites for hydroxylation is 1. The molecule has 0 aliphatic heterocycles. The lowest BCUT2D eigenvalue weighted by Gasteiger charge is -2.18. The van der Waals surface area contributed by atoms with E-state index in [9.17, 15) is 9.90 Å². The van der Waals surface area contributed by atoms with Crippen LogP contribution in [0.25, 0.3) is 11.0 Å². The molecule has 1 aliphatic carbocycles. The van der Waals surface area contributed by atoms with Gasteiger partial charge < -0.3 is 14.8 Å². The maximum Gasteiger partial charge on any atom is 0.339 e. The number of hydrogen-bond acceptors (Lipinski definition) is 5. The Bertz CT molecular complexity index is 1020. The molecule has 3 aromatic rings. The zero-order valence-corrected chi connectivity index (χ0v) is 17.4. The summed E-state index contributed by atoms with van der Waals surface area (Å²) in [5.74, 6) is -0.0414. The topological polar surface area (TPSA) is 75.4 Å². The molecule has 5 nitrogen and oxygen atoms in total. The summed E-state index contributed by atoms with van der Waals surface area (Å²) in [5, 5.41) is 14.8. The monoisotopic (exact) mass is 442 g/mol. The highest BCUT2D eigenvalue weighted by molar-refractivity contribution is 6.33. The van der Waals surface area contributed by atoms with Crippen molar-refractivity contribution in [3.8, 4) is 5.75 Å². The summed E-state index contributed by atoms with van der Waals surface area (Å²) in [6.45, 7) is 0.943. The first-order valence-corrected chi connectivity index (χ1v) is 9.11. The highest BCUT2D eigenvalue weighted by Gasteiger charge is 2.22. The number of fused-ring (bicyclic) bond motifs is 3. The van der Waals surface area contributed by atoms with Crippen LogP contribution in [0.15, 0.2) is 39.8 Å². The molecule has 0 fully saturated rings. The normalized spacial score (nSPS) is 12.8. The molecular weight excluding hydrogens is 423 g/mol.